The maximum absolute atomic E-state index is 16.4. The number of imidazole rings is 1. The number of ether oxygens (including phenoxy) is 1. The monoisotopic (exact) mass is 774 g/mol. The van der Waals surface area contributed by atoms with E-state index in [1.54, 1.807) is 24.3 Å². The van der Waals surface area contributed by atoms with Crippen molar-refractivity contribution in [1.29, 1.82) is 0 Å². The van der Waals surface area contributed by atoms with E-state index < -0.39 is 24.2 Å². The van der Waals surface area contributed by atoms with Crippen molar-refractivity contribution in [2.24, 2.45) is 17.3 Å². The number of likely N-dealkylation sites (tertiary alicyclic amines) is 2. The summed E-state index contributed by atoms with van der Waals surface area (Å²) in [5, 5.41) is 12.6. The van der Waals surface area contributed by atoms with E-state index in [-0.39, 0.29) is 52.4 Å². The molecule has 13 heteroatoms. The summed E-state index contributed by atoms with van der Waals surface area (Å²) >= 11 is 0. The standard InChI is InChI=1S/C44H44F2N6O5/c1-22(2)37(50-41(54)57-3)40(53)52-27-8-4-26(16-27)38(52)39-48-33-11-7-24(19-35(33)49-39)23-5-9-28-29-10-6-25(18-31(29)44(45,46)30(28)17-23)32-12-13-34(47-32)36-20-43(14-15-43)21-51(36)42(55)56/h5-7,9-13,17-19,22,26-27,36-38,47H,4,8,14-16,20-21H2,1-3H3,(H,48,49)(H,50,54)(H,55,56). The first-order valence-corrected chi connectivity index (χ1v) is 19.9. The van der Waals surface area contributed by atoms with Crippen LogP contribution in [0.1, 0.15) is 87.1 Å². The Morgan fingerprint density at radius 2 is 1.63 bits per heavy atom. The number of alkyl carbamates (subject to hydrolysis) is 1. The highest BCUT2D eigenvalue weighted by Crippen LogP contribution is 2.59. The maximum Gasteiger partial charge on any atom is 0.407 e. The Balaban J connectivity index is 0.918. The van der Waals surface area contributed by atoms with E-state index in [1.165, 1.54) is 12.0 Å². The molecule has 2 aliphatic heterocycles. The van der Waals surface area contributed by atoms with Crippen molar-refractivity contribution >= 4 is 29.1 Å². The van der Waals surface area contributed by atoms with Gasteiger partial charge < -0.3 is 30.0 Å². The van der Waals surface area contributed by atoms with E-state index in [2.05, 4.69) is 15.3 Å². The molecule has 0 radical (unpaired) electrons. The number of rotatable bonds is 7. The molecule has 2 aromatic heterocycles. The van der Waals surface area contributed by atoms with Gasteiger partial charge in [0, 0.05) is 35.1 Å². The topological polar surface area (TPSA) is 144 Å². The number of carbonyl (C=O) groups is 3. The Hall–Kier alpha value is -5.72. The Morgan fingerprint density at radius 1 is 0.930 bits per heavy atom. The van der Waals surface area contributed by atoms with Crippen molar-refractivity contribution in [3.05, 3.63) is 89.4 Å². The van der Waals surface area contributed by atoms with E-state index in [1.807, 2.05) is 61.2 Å². The first-order chi connectivity index (χ1) is 27.3. The number of aromatic nitrogens is 3. The van der Waals surface area contributed by atoms with Crippen molar-refractivity contribution in [3.8, 4) is 33.5 Å². The SMILES string of the molecule is COC(=O)NC(C(=O)N1C2CCC(C2)C1c1nc2ccc(-c3ccc4c(c3)C(F)(F)c3cc(-c5ccc(C6CC7(CC7)CN6C(=O)O)[nH]5)ccc3-4)cc2[nH]1)C(C)C. The van der Waals surface area contributed by atoms with E-state index in [9.17, 15) is 19.5 Å². The number of carboxylic acid groups (broad SMARTS) is 1. The molecule has 2 bridgehead atoms. The molecule has 294 valence electrons. The van der Waals surface area contributed by atoms with Gasteiger partial charge in [0.1, 0.15) is 11.9 Å². The predicted molar refractivity (Wildman–Crippen MR) is 208 cm³/mol. The average Bonchev–Trinajstić information content (AvgIpc) is 3.85. The number of hydrogen-bond acceptors (Lipinski definition) is 5. The number of carbonyl (C=O) groups excluding carboxylic acids is 2. The van der Waals surface area contributed by atoms with E-state index >= 15 is 8.78 Å². The zero-order valence-electron chi connectivity index (χ0n) is 31.9. The number of fused-ring (bicyclic) bond motifs is 6. The third-order valence-electron chi connectivity index (χ3n) is 13.4. The lowest BCUT2D eigenvalue weighted by Crippen LogP contribution is -2.54. The minimum Gasteiger partial charge on any atom is -0.465 e. The number of piperidine rings is 1. The number of benzene rings is 3. The van der Waals surface area contributed by atoms with Gasteiger partial charge in [-0.15, -0.1) is 0 Å². The summed E-state index contributed by atoms with van der Waals surface area (Å²) in [6, 6.07) is 18.5. The molecule has 2 saturated carbocycles. The Bertz CT molecular complexity index is 2490. The van der Waals surface area contributed by atoms with Gasteiger partial charge in [-0.25, -0.2) is 14.6 Å². The van der Waals surface area contributed by atoms with E-state index in [0.29, 0.717) is 45.8 Å². The predicted octanol–water partition coefficient (Wildman–Crippen LogP) is 8.98. The van der Waals surface area contributed by atoms with Crippen LogP contribution in [0.2, 0.25) is 0 Å². The maximum atomic E-state index is 16.4. The van der Waals surface area contributed by atoms with Crippen molar-refractivity contribution in [2.45, 2.75) is 82.5 Å². The number of hydrogen-bond donors (Lipinski definition) is 4. The number of aromatic amines is 2. The van der Waals surface area contributed by atoms with Crippen molar-refractivity contribution in [3.63, 3.8) is 0 Å². The normalized spacial score (nSPS) is 24.0. The largest absolute Gasteiger partial charge is 0.465 e. The van der Waals surface area contributed by atoms with Crippen LogP contribution >= 0.6 is 0 Å². The van der Waals surface area contributed by atoms with Gasteiger partial charge in [0.2, 0.25) is 5.91 Å². The van der Waals surface area contributed by atoms with Crippen molar-refractivity contribution in [1.82, 2.24) is 30.1 Å². The summed E-state index contributed by atoms with van der Waals surface area (Å²) in [7, 11) is 1.28. The van der Waals surface area contributed by atoms with Gasteiger partial charge in [-0.05, 0) is 120 Å². The highest BCUT2D eigenvalue weighted by atomic mass is 19.3. The lowest BCUT2D eigenvalue weighted by atomic mass is 9.95. The van der Waals surface area contributed by atoms with Crippen LogP contribution in [0.4, 0.5) is 18.4 Å². The molecule has 3 aliphatic carbocycles. The number of nitrogens with one attached hydrogen (secondary N) is 3. The van der Waals surface area contributed by atoms with Gasteiger partial charge in [-0.3, -0.25) is 9.69 Å². The number of methoxy groups -OCH3 is 1. The van der Waals surface area contributed by atoms with Crippen LogP contribution in [-0.4, -0.2) is 73.7 Å². The quantitative estimate of drug-likeness (QED) is 0.130. The second-order valence-corrected chi connectivity index (χ2v) is 17.2. The molecule has 4 fully saturated rings. The summed E-state index contributed by atoms with van der Waals surface area (Å²) in [6.45, 7) is 4.32. The second-order valence-electron chi connectivity index (χ2n) is 17.2. The molecule has 4 N–H and O–H groups in total. The summed E-state index contributed by atoms with van der Waals surface area (Å²) < 4.78 is 37.7. The first-order valence-electron chi connectivity index (χ1n) is 19.9. The number of H-pyrrole nitrogens is 2. The number of amides is 3. The van der Waals surface area contributed by atoms with Crippen molar-refractivity contribution < 1.29 is 33.0 Å². The minimum atomic E-state index is -3.24. The van der Waals surface area contributed by atoms with Gasteiger partial charge in [0.05, 0.1) is 30.2 Å². The lowest BCUT2D eigenvalue weighted by molar-refractivity contribution is -0.139. The summed E-state index contributed by atoms with van der Waals surface area (Å²) in [6.07, 6.45) is 3.99. The Morgan fingerprint density at radius 3 is 2.33 bits per heavy atom. The fraction of sp³-hybridized carbons (Fsp3) is 0.409. The smallest absolute Gasteiger partial charge is 0.407 e. The van der Waals surface area contributed by atoms with Crippen LogP contribution in [0.25, 0.3) is 44.5 Å². The zero-order valence-corrected chi connectivity index (χ0v) is 31.9. The van der Waals surface area contributed by atoms with Gasteiger partial charge >= 0.3 is 12.2 Å². The number of halogens is 2. The number of nitrogens with zero attached hydrogens (tertiary/aromatic N) is 3. The highest BCUT2D eigenvalue weighted by molar-refractivity contribution is 5.88. The van der Waals surface area contributed by atoms with E-state index in [0.717, 1.165) is 55.3 Å². The molecular weight excluding hydrogens is 731 g/mol. The molecule has 2 saturated heterocycles. The highest BCUT2D eigenvalue weighted by Gasteiger charge is 2.54. The summed E-state index contributed by atoms with van der Waals surface area (Å²) in [4.78, 5) is 53.4. The molecule has 5 aromatic rings. The first kappa shape index (κ1) is 35.7. The summed E-state index contributed by atoms with van der Waals surface area (Å²) in [5.74, 6) is -2.63. The van der Waals surface area contributed by atoms with Crippen molar-refractivity contribution in [2.75, 3.05) is 13.7 Å². The van der Waals surface area contributed by atoms with E-state index in [4.69, 9.17) is 9.72 Å². The van der Waals surface area contributed by atoms with Gasteiger partial charge in [-0.2, -0.15) is 8.78 Å². The third-order valence-corrected chi connectivity index (χ3v) is 13.4. The second kappa shape index (κ2) is 12.6. The van der Waals surface area contributed by atoms with Crippen LogP contribution in [-0.2, 0) is 15.5 Å². The third kappa shape index (κ3) is 5.63. The number of alkyl halides is 2. The summed E-state index contributed by atoms with van der Waals surface area (Å²) in [5.41, 5.74) is 5.86. The van der Waals surface area contributed by atoms with Crippen LogP contribution < -0.4 is 5.32 Å². The zero-order chi connectivity index (χ0) is 39.5. The minimum absolute atomic E-state index is 0.0566. The molecule has 1 spiro atoms. The molecule has 10 rings (SSSR count). The van der Waals surface area contributed by atoms with Crippen LogP contribution in [0.5, 0.6) is 0 Å². The molecule has 5 atom stereocenters. The van der Waals surface area contributed by atoms with Crippen LogP contribution in [0.3, 0.4) is 0 Å². The van der Waals surface area contributed by atoms with Gasteiger partial charge in [-0.1, -0.05) is 44.2 Å². The molecule has 3 amide bonds. The Labute approximate surface area is 327 Å². The van der Waals surface area contributed by atoms with Crippen LogP contribution in [0.15, 0.2) is 66.7 Å². The molecule has 5 unspecified atom stereocenters. The molecule has 57 heavy (non-hydrogen) atoms. The van der Waals surface area contributed by atoms with Gasteiger partial charge in [0.25, 0.3) is 5.92 Å². The molecule has 5 aliphatic rings. The fourth-order valence-electron chi connectivity index (χ4n) is 10.3. The fourth-order valence-corrected chi connectivity index (χ4v) is 10.3. The molecule has 3 aromatic carbocycles. The Kier molecular flexibility index (Phi) is 7.91. The average molecular weight is 775 g/mol. The molecular formula is C44H44F2N6O5. The van der Waals surface area contributed by atoms with Gasteiger partial charge in [0.15, 0.2) is 0 Å². The molecule has 11 nitrogen and oxygen atoms in total. The van der Waals surface area contributed by atoms with Crippen LogP contribution in [0, 0.1) is 17.3 Å². The molecule has 4 heterocycles. The lowest BCUT2D eigenvalue weighted by Gasteiger charge is -2.37.